The summed E-state index contributed by atoms with van der Waals surface area (Å²) in [5.74, 6) is -2.95. The topological polar surface area (TPSA) is 234 Å². The van der Waals surface area contributed by atoms with E-state index in [1.165, 1.54) is 0 Å². The van der Waals surface area contributed by atoms with Gasteiger partial charge in [0.2, 0.25) is 17.7 Å². The zero-order valence-electron chi connectivity index (χ0n) is 27.3. The fraction of sp³-hybridized carbons (Fsp3) is 0.800. The van der Waals surface area contributed by atoms with Crippen LogP contribution >= 0.6 is 0 Å². The van der Waals surface area contributed by atoms with Gasteiger partial charge in [0.15, 0.2) is 0 Å². The van der Waals surface area contributed by atoms with Crippen molar-refractivity contribution in [1.29, 1.82) is 0 Å². The molecule has 0 aromatic carbocycles. The second-order valence-corrected chi connectivity index (χ2v) is 12.8. The lowest BCUT2D eigenvalue weighted by molar-refractivity contribution is -0.142. The van der Waals surface area contributed by atoms with Gasteiger partial charge in [-0.2, -0.15) is 0 Å². The quantitative estimate of drug-likeness (QED) is 0.175. The van der Waals surface area contributed by atoms with Gasteiger partial charge in [0.25, 0.3) is 0 Å². The Bertz CT molecular complexity index is 869. The van der Waals surface area contributed by atoms with Crippen LogP contribution < -0.4 is 0 Å². The van der Waals surface area contributed by atoms with Crippen molar-refractivity contribution < 1.29 is 59.4 Å². The number of aliphatic hydroxyl groups excluding tert-OH is 3. The van der Waals surface area contributed by atoms with Crippen molar-refractivity contribution in [3.8, 4) is 0 Å². The SMILES string of the molecule is CC(C)CN1CC(C(=O)O)CC1=O.CC(C)CN1CC(C(=O)O)CC1=O.CC(C)CN1CC(C(=O)O)CC1=O.OCC(O)CO. The highest BCUT2D eigenvalue weighted by Crippen LogP contribution is 2.20. The van der Waals surface area contributed by atoms with E-state index in [0.717, 1.165) is 0 Å². The number of likely N-dealkylation sites (tertiary alicyclic amines) is 3. The lowest BCUT2D eigenvalue weighted by Crippen LogP contribution is -2.29. The molecular formula is C30H53N3O12. The van der Waals surface area contributed by atoms with E-state index in [1.54, 1.807) is 14.7 Å². The van der Waals surface area contributed by atoms with Crippen molar-refractivity contribution in [3.63, 3.8) is 0 Å². The summed E-state index contributed by atoms with van der Waals surface area (Å²) in [6.45, 7) is 14.5. The van der Waals surface area contributed by atoms with Crippen LogP contribution in [0, 0.1) is 35.5 Å². The molecule has 3 saturated heterocycles. The Morgan fingerprint density at radius 1 is 0.578 bits per heavy atom. The van der Waals surface area contributed by atoms with Gasteiger partial charge in [0.1, 0.15) is 6.10 Å². The fourth-order valence-corrected chi connectivity index (χ4v) is 4.72. The van der Waals surface area contributed by atoms with Crippen molar-refractivity contribution in [2.24, 2.45) is 35.5 Å². The van der Waals surface area contributed by atoms with Crippen LogP contribution in [0.4, 0.5) is 0 Å². The molecule has 0 aromatic rings. The molecule has 3 heterocycles. The van der Waals surface area contributed by atoms with Crippen LogP contribution in [0.1, 0.15) is 60.8 Å². The van der Waals surface area contributed by atoms with Crippen molar-refractivity contribution in [2.45, 2.75) is 66.9 Å². The maximum absolute atomic E-state index is 11.3. The Labute approximate surface area is 264 Å². The molecule has 3 fully saturated rings. The van der Waals surface area contributed by atoms with Gasteiger partial charge in [-0.25, -0.2) is 0 Å². The van der Waals surface area contributed by atoms with E-state index >= 15 is 0 Å². The lowest BCUT2D eigenvalue weighted by Gasteiger charge is -2.17. The predicted molar refractivity (Wildman–Crippen MR) is 162 cm³/mol. The molecule has 0 aliphatic carbocycles. The van der Waals surface area contributed by atoms with Gasteiger partial charge < -0.3 is 45.3 Å². The van der Waals surface area contributed by atoms with E-state index < -0.39 is 41.8 Å². The normalized spacial score (nSPS) is 21.1. The maximum atomic E-state index is 11.3. The second kappa shape index (κ2) is 20.7. The molecule has 3 unspecified atom stereocenters. The van der Waals surface area contributed by atoms with E-state index in [2.05, 4.69) is 0 Å². The average Bonchev–Trinajstić information content (AvgIpc) is 3.61. The first kappa shape index (κ1) is 41.7. The number of amides is 3. The highest BCUT2D eigenvalue weighted by Gasteiger charge is 2.35. The number of rotatable bonds is 11. The van der Waals surface area contributed by atoms with Gasteiger partial charge in [0.05, 0.1) is 31.0 Å². The molecule has 0 radical (unpaired) electrons. The van der Waals surface area contributed by atoms with E-state index in [1.807, 2.05) is 41.5 Å². The molecule has 3 amide bonds. The summed E-state index contributed by atoms with van der Waals surface area (Å²) in [5.41, 5.74) is 0. The van der Waals surface area contributed by atoms with Crippen LogP contribution in [0.25, 0.3) is 0 Å². The molecule has 0 saturated carbocycles. The molecule has 0 spiro atoms. The summed E-state index contributed by atoms with van der Waals surface area (Å²) in [5, 5.41) is 50.1. The first-order chi connectivity index (χ1) is 20.8. The van der Waals surface area contributed by atoms with E-state index in [-0.39, 0.29) is 50.2 Å². The molecular weight excluding hydrogens is 594 g/mol. The number of carboxylic acids is 3. The number of nitrogens with zero attached hydrogens (tertiary/aromatic N) is 3. The summed E-state index contributed by atoms with van der Waals surface area (Å²) in [6.07, 6.45) is -0.448. The van der Waals surface area contributed by atoms with Crippen molar-refractivity contribution >= 4 is 35.6 Å². The zero-order chi connectivity index (χ0) is 35.0. The monoisotopic (exact) mass is 647 g/mol. The van der Waals surface area contributed by atoms with E-state index in [9.17, 15) is 28.8 Å². The fourth-order valence-electron chi connectivity index (χ4n) is 4.72. The smallest absolute Gasteiger partial charge is 0.308 e. The predicted octanol–water partition coefficient (Wildman–Crippen LogP) is 0.0584. The van der Waals surface area contributed by atoms with Gasteiger partial charge in [-0.05, 0) is 17.8 Å². The van der Waals surface area contributed by atoms with Crippen molar-refractivity contribution in [1.82, 2.24) is 14.7 Å². The van der Waals surface area contributed by atoms with Gasteiger partial charge >= 0.3 is 17.9 Å². The molecule has 3 aliphatic rings. The number of hydrogen-bond donors (Lipinski definition) is 6. The molecule has 15 heteroatoms. The number of hydrogen-bond acceptors (Lipinski definition) is 9. The van der Waals surface area contributed by atoms with Gasteiger partial charge in [-0.1, -0.05) is 41.5 Å². The third kappa shape index (κ3) is 16.5. The number of carboxylic acid groups (broad SMARTS) is 3. The highest BCUT2D eigenvalue weighted by molar-refractivity contribution is 5.87. The Morgan fingerprint density at radius 2 is 0.800 bits per heavy atom. The molecule has 0 bridgehead atoms. The molecule has 260 valence electrons. The molecule has 3 rings (SSSR count). The zero-order valence-corrected chi connectivity index (χ0v) is 27.3. The molecule has 6 N–H and O–H groups in total. The van der Waals surface area contributed by atoms with Crippen LogP contribution in [-0.2, 0) is 28.8 Å². The Hall–Kier alpha value is -3.30. The third-order valence-electron chi connectivity index (χ3n) is 6.87. The Morgan fingerprint density at radius 3 is 0.911 bits per heavy atom. The standard InChI is InChI=1S/3C9H15NO3.C3H8O3/c3*1-6(2)4-10-5-7(9(12)13)3-8(10)11;4-1-3(6)2-5/h3*6-7H,3-5H2,1-2H3,(H,12,13);3-6H,1-2H2. The lowest BCUT2D eigenvalue weighted by atomic mass is 10.1. The minimum absolute atomic E-state index is 0.0268. The highest BCUT2D eigenvalue weighted by atomic mass is 16.4. The van der Waals surface area contributed by atoms with Gasteiger partial charge in [-0.15, -0.1) is 0 Å². The summed E-state index contributed by atoms with van der Waals surface area (Å²) >= 11 is 0. The van der Waals surface area contributed by atoms with Crippen molar-refractivity contribution in [3.05, 3.63) is 0 Å². The minimum Gasteiger partial charge on any atom is -0.481 e. The van der Waals surface area contributed by atoms with Crippen LogP contribution in [0.3, 0.4) is 0 Å². The summed E-state index contributed by atoms with van der Waals surface area (Å²) in [7, 11) is 0. The number of carbonyl (C=O) groups is 6. The van der Waals surface area contributed by atoms with Gasteiger partial charge in [0, 0.05) is 58.5 Å². The number of aliphatic carboxylic acids is 3. The Balaban J connectivity index is 0.000000593. The van der Waals surface area contributed by atoms with E-state index in [0.29, 0.717) is 57.0 Å². The summed E-state index contributed by atoms with van der Waals surface area (Å²) in [4.78, 5) is 70.6. The van der Waals surface area contributed by atoms with Crippen LogP contribution in [0.2, 0.25) is 0 Å². The first-order valence-corrected chi connectivity index (χ1v) is 15.2. The Kier molecular flexibility index (Phi) is 19.2. The largest absolute Gasteiger partial charge is 0.481 e. The first-order valence-electron chi connectivity index (χ1n) is 15.2. The minimum atomic E-state index is -0.954. The van der Waals surface area contributed by atoms with Crippen LogP contribution in [-0.4, -0.2) is 140 Å². The maximum Gasteiger partial charge on any atom is 0.308 e. The van der Waals surface area contributed by atoms with Crippen LogP contribution in [0.5, 0.6) is 0 Å². The molecule has 3 atom stereocenters. The molecule has 3 aliphatic heterocycles. The number of carbonyl (C=O) groups excluding carboxylic acids is 3. The molecule has 0 aromatic heterocycles. The molecule has 45 heavy (non-hydrogen) atoms. The average molecular weight is 648 g/mol. The molecule has 15 nitrogen and oxygen atoms in total. The summed E-state index contributed by atoms with van der Waals surface area (Å²) in [6, 6.07) is 0. The third-order valence-corrected chi connectivity index (χ3v) is 6.87. The second-order valence-electron chi connectivity index (χ2n) is 12.8. The van der Waals surface area contributed by atoms with E-state index in [4.69, 9.17) is 30.6 Å². The van der Waals surface area contributed by atoms with Crippen LogP contribution in [0.15, 0.2) is 0 Å². The van der Waals surface area contributed by atoms with Crippen molar-refractivity contribution in [2.75, 3.05) is 52.5 Å². The number of aliphatic hydroxyl groups is 3. The van der Waals surface area contributed by atoms with Gasteiger partial charge in [-0.3, -0.25) is 28.8 Å². The summed E-state index contributed by atoms with van der Waals surface area (Å²) < 4.78 is 0.